The van der Waals surface area contributed by atoms with Gasteiger partial charge in [0.05, 0.1) is 12.2 Å². The van der Waals surface area contributed by atoms with Crippen LogP contribution >= 0.6 is 0 Å². The molecular weight excluding hydrogens is 226 g/mol. The van der Waals surface area contributed by atoms with E-state index in [1.54, 1.807) is 0 Å². The third-order valence-corrected chi connectivity index (χ3v) is 2.05. The van der Waals surface area contributed by atoms with Gasteiger partial charge in [-0.3, -0.25) is 14.1 Å². The van der Waals surface area contributed by atoms with E-state index in [4.69, 9.17) is 9.66 Å². The number of carbonyl (C=O) groups is 2. The Kier molecular flexibility index (Phi) is 4.95. The molecule has 0 radical (unpaired) electrons. The molecule has 0 aliphatic carbocycles. The Labute approximate surface area is 86.5 Å². The van der Waals surface area contributed by atoms with Gasteiger partial charge in [-0.15, -0.1) is 0 Å². The summed E-state index contributed by atoms with van der Waals surface area (Å²) in [5.74, 6) is -2.58. The standard InChI is InChI=1S/C7H11NO6S/c1-5(4-6(9)10)7(11)8-2-3-15(12,13)14/h1-4H2,(H,8,11)(H,9,10)(H,12,13,14). The van der Waals surface area contributed by atoms with Crippen molar-refractivity contribution in [3.05, 3.63) is 12.2 Å². The highest BCUT2D eigenvalue weighted by atomic mass is 32.2. The van der Waals surface area contributed by atoms with Crippen LogP contribution in [0.2, 0.25) is 0 Å². The van der Waals surface area contributed by atoms with E-state index in [0.29, 0.717) is 0 Å². The number of carboxylic acids is 1. The fourth-order valence-electron chi connectivity index (χ4n) is 0.681. The Morgan fingerprint density at radius 2 is 1.87 bits per heavy atom. The Morgan fingerprint density at radius 1 is 1.33 bits per heavy atom. The van der Waals surface area contributed by atoms with Gasteiger partial charge in [-0.25, -0.2) is 0 Å². The first-order chi connectivity index (χ1) is 6.72. The molecule has 15 heavy (non-hydrogen) atoms. The van der Waals surface area contributed by atoms with Crippen LogP contribution in [-0.2, 0) is 19.7 Å². The van der Waals surface area contributed by atoms with Crippen molar-refractivity contribution in [3.63, 3.8) is 0 Å². The van der Waals surface area contributed by atoms with Crippen LogP contribution in [0.4, 0.5) is 0 Å². The molecule has 0 aliphatic rings. The van der Waals surface area contributed by atoms with Crippen molar-refractivity contribution in [3.8, 4) is 0 Å². The summed E-state index contributed by atoms with van der Waals surface area (Å²) in [6, 6.07) is 0. The number of amides is 1. The second-order valence-electron chi connectivity index (χ2n) is 2.72. The first-order valence-corrected chi connectivity index (χ1v) is 5.46. The average molecular weight is 237 g/mol. The highest BCUT2D eigenvalue weighted by Gasteiger charge is 2.11. The van der Waals surface area contributed by atoms with Crippen LogP contribution in [0.25, 0.3) is 0 Å². The molecule has 86 valence electrons. The first kappa shape index (κ1) is 13.6. The molecule has 0 aromatic heterocycles. The zero-order chi connectivity index (χ0) is 12.1. The molecule has 1 amide bonds. The van der Waals surface area contributed by atoms with E-state index in [1.807, 2.05) is 0 Å². The minimum atomic E-state index is -4.13. The van der Waals surface area contributed by atoms with Crippen molar-refractivity contribution >= 4 is 22.0 Å². The minimum absolute atomic E-state index is 0.183. The van der Waals surface area contributed by atoms with Crippen LogP contribution in [-0.4, -0.2) is 42.3 Å². The minimum Gasteiger partial charge on any atom is -0.481 e. The molecule has 0 spiro atoms. The van der Waals surface area contributed by atoms with Gasteiger partial charge >= 0.3 is 5.97 Å². The maximum Gasteiger partial charge on any atom is 0.308 e. The second kappa shape index (κ2) is 5.47. The summed E-state index contributed by atoms with van der Waals surface area (Å²) in [4.78, 5) is 21.2. The molecule has 7 nitrogen and oxygen atoms in total. The molecule has 0 aromatic rings. The van der Waals surface area contributed by atoms with Gasteiger partial charge < -0.3 is 10.4 Å². The Balaban J connectivity index is 3.95. The second-order valence-corrected chi connectivity index (χ2v) is 4.29. The first-order valence-electron chi connectivity index (χ1n) is 3.85. The number of nitrogens with one attached hydrogen (secondary N) is 1. The number of carbonyl (C=O) groups excluding carboxylic acids is 1. The largest absolute Gasteiger partial charge is 0.481 e. The van der Waals surface area contributed by atoms with Gasteiger partial charge in [-0.1, -0.05) is 6.58 Å². The molecule has 0 saturated carbocycles. The van der Waals surface area contributed by atoms with Crippen molar-refractivity contribution < 1.29 is 27.7 Å². The molecule has 0 aromatic carbocycles. The summed E-state index contributed by atoms with van der Waals surface area (Å²) in [5, 5.41) is 10.4. The molecule has 3 N–H and O–H groups in total. The van der Waals surface area contributed by atoms with E-state index in [1.165, 1.54) is 0 Å². The summed E-state index contributed by atoms with van der Waals surface area (Å²) in [7, 11) is -4.13. The molecule has 0 saturated heterocycles. The van der Waals surface area contributed by atoms with Gasteiger partial charge in [0.25, 0.3) is 10.1 Å². The molecule has 0 fully saturated rings. The molecule has 0 unspecified atom stereocenters. The fourth-order valence-corrected chi connectivity index (χ4v) is 1.04. The summed E-state index contributed by atoms with van der Waals surface area (Å²) in [5.41, 5.74) is -0.183. The van der Waals surface area contributed by atoms with Gasteiger partial charge in [0.2, 0.25) is 5.91 Å². The van der Waals surface area contributed by atoms with E-state index in [-0.39, 0.29) is 12.1 Å². The van der Waals surface area contributed by atoms with Crippen LogP contribution in [0.3, 0.4) is 0 Å². The number of carboxylic acid groups (broad SMARTS) is 1. The van der Waals surface area contributed by atoms with Gasteiger partial charge in [0.1, 0.15) is 0 Å². The zero-order valence-corrected chi connectivity index (χ0v) is 8.58. The highest BCUT2D eigenvalue weighted by Crippen LogP contribution is 1.97. The topological polar surface area (TPSA) is 121 Å². The quantitative estimate of drug-likeness (QED) is 0.403. The Bertz CT molecular complexity index is 371. The predicted octanol–water partition coefficient (Wildman–Crippen LogP) is -0.979. The van der Waals surface area contributed by atoms with Crippen LogP contribution in [0.5, 0.6) is 0 Å². The van der Waals surface area contributed by atoms with E-state index in [9.17, 15) is 18.0 Å². The van der Waals surface area contributed by atoms with Crippen LogP contribution < -0.4 is 5.32 Å². The maximum atomic E-state index is 11.0. The van der Waals surface area contributed by atoms with Crippen LogP contribution in [0.1, 0.15) is 6.42 Å². The smallest absolute Gasteiger partial charge is 0.308 e. The van der Waals surface area contributed by atoms with Crippen molar-refractivity contribution in [2.45, 2.75) is 6.42 Å². The van der Waals surface area contributed by atoms with Crippen molar-refractivity contribution in [1.82, 2.24) is 5.32 Å². The lowest BCUT2D eigenvalue weighted by Crippen LogP contribution is -2.30. The van der Waals surface area contributed by atoms with Crippen molar-refractivity contribution in [2.24, 2.45) is 0 Å². The summed E-state index contributed by atoms with van der Waals surface area (Å²) in [6.45, 7) is 2.91. The normalized spacial score (nSPS) is 10.7. The summed E-state index contributed by atoms with van der Waals surface area (Å²) in [6.07, 6.45) is -0.516. The number of rotatable bonds is 6. The third-order valence-electron chi connectivity index (χ3n) is 1.33. The number of hydrogen-bond acceptors (Lipinski definition) is 4. The molecule has 0 atom stereocenters. The Hall–Kier alpha value is -1.41. The van der Waals surface area contributed by atoms with Crippen molar-refractivity contribution in [1.29, 1.82) is 0 Å². The fraction of sp³-hybridized carbons (Fsp3) is 0.429. The van der Waals surface area contributed by atoms with Gasteiger partial charge in [0.15, 0.2) is 0 Å². The van der Waals surface area contributed by atoms with E-state index >= 15 is 0 Å². The van der Waals surface area contributed by atoms with Gasteiger partial charge in [-0.05, 0) is 0 Å². The number of aliphatic carboxylic acids is 1. The zero-order valence-electron chi connectivity index (χ0n) is 7.76. The Morgan fingerprint density at radius 3 is 2.27 bits per heavy atom. The third kappa shape index (κ3) is 7.65. The molecule has 0 aliphatic heterocycles. The lowest BCUT2D eigenvalue weighted by Gasteiger charge is -2.04. The van der Waals surface area contributed by atoms with Crippen LogP contribution in [0.15, 0.2) is 12.2 Å². The van der Waals surface area contributed by atoms with E-state index < -0.39 is 34.2 Å². The van der Waals surface area contributed by atoms with E-state index in [0.717, 1.165) is 0 Å². The monoisotopic (exact) mass is 237 g/mol. The average Bonchev–Trinajstić information content (AvgIpc) is 2.00. The predicted molar refractivity (Wildman–Crippen MR) is 50.8 cm³/mol. The molecule has 8 heteroatoms. The van der Waals surface area contributed by atoms with Crippen LogP contribution in [0, 0.1) is 0 Å². The maximum absolute atomic E-state index is 11.0. The lowest BCUT2D eigenvalue weighted by molar-refractivity contribution is -0.137. The number of hydrogen-bond donors (Lipinski definition) is 3. The van der Waals surface area contributed by atoms with E-state index in [2.05, 4.69) is 11.9 Å². The summed E-state index contributed by atoms with van der Waals surface area (Å²) < 4.78 is 28.8. The summed E-state index contributed by atoms with van der Waals surface area (Å²) >= 11 is 0. The molecule has 0 rings (SSSR count). The highest BCUT2D eigenvalue weighted by molar-refractivity contribution is 7.85. The SMILES string of the molecule is C=C(CC(=O)O)C(=O)NCCS(=O)(=O)O. The van der Waals surface area contributed by atoms with Gasteiger partial charge in [0, 0.05) is 12.1 Å². The van der Waals surface area contributed by atoms with Gasteiger partial charge in [-0.2, -0.15) is 8.42 Å². The molecule has 0 heterocycles. The molecule has 0 bridgehead atoms. The lowest BCUT2D eigenvalue weighted by atomic mass is 10.2. The van der Waals surface area contributed by atoms with Crippen molar-refractivity contribution in [2.75, 3.05) is 12.3 Å². The molecular formula is C7H11NO6S.